The van der Waals surface area contributed by atoms with E-state index >= 15 is 0 Å². The van der Waals surface area contributed by atoms with Crippen LogP contribution in [0.4, 0.5) is 0 Å². The fourth-order valence-electron chi connectivity index (χ4n) is 2.31. The van der Waals surface area contributed by atoms with Crippen LogP contribution in [0.15, 0.2) is 12.1 Å². The number of nitrogens with two attached hydrogens (primary N) is 1. The number of hydrogen-bond acceptors (Lipinski definition) is 3. The van der Waals surface area contributed by atoms with Gasteiger partial charge in [-0.2, -0.15) is 0 Å². The number of phenols is 1. The van der Waals surface area contributed by atoms with Crippen molar-refractivity contribution >= 4 is 11.6 Å². The van der Waals surface area contributed by atoms with Crippen molar-refractivity contribution in [1.29, 1.82) is 0 Å². The zero-order valence-corrected chi connectivity index (χ0v) is 10.0. The quantitative estimate of drug-likeness (QED) is 0.855. The van der Waals surface area contributed by atoms with E-state index < -0.39 is 0 Å². The van der Waals surface area contributed by atoms with Crippen molar-refractivity contribution in [2.45, 2.75) is 24.7 Å². The second-order valence-corrected chi connectivity index (χ2v) is 4.75. The second kappa shape index (κ2) is 4.15. The maximum atomic E-state index is 9.98. The highest BCUT2D eigenvalue weighted by Crippen LogP contribution is 2.48. The molecule has 0 heterocycles. The van der Waals surface area contributed by atoms with Crippen LogP contribution >= 0.6 is 11.6 Å². The average molecular weight is 242 g/mol. The molecule has 3 nitrogen and oxygen atoms in total. The van der Waals surface area contributed by atoms with Crippen molar-refractivity contribution in [2.75, 3.05) is 13.7 Å². The summed E-state index contributed by atoms with van der Waals surface area (Å²) < 4.78 is 5.06. The minimum Gasteiger partial charge on any atom is -0.508 e. The van der Waals surface area contributed by atoms with Gasteiger partial charge in [-0.05, 0) is 18.9 Å². The Bertz CT molecular complexity index is 397. The minimum atomic E-state index is -0.0833. The molecule has 0 aromatic heterocycles. The molecule has 1 fully saturated rings. The Balaban J connectivity index is 2.45. The van der Waals surface area contributed by atoms with Crippen molar-refractivity contribution in [3.63, 3.8) is 0 Å². The highest BCUT2D eigenvalue weighted by molar-refractivity contribution is 6.32. The first kappa shape index (κ1) is 11.6. The summed E-state index contributed by atoms with van der Waals surface area (Å²) in [6, 6.07) is 3.34. The molecular weight excluding hydrogens is 226 g/mol. The number of hydrogen-bond donors (Lipinski definition) is 2. The molecule has 0 radical (unpaired) electrons. The van der Waals surface area contributed by atoms with Gasteiger partial charge in [-0.1, -0.05) is 18.0 Å². The van der Waals surface area contributed by atoms with Crippen molar-refractivity contribution in [1.82, 2.24) is 0 Å². The summed E-state index contributed by atoms with van der Waals surface area (Å²) in [6.07, 6.45) is 3.18. The number of aromatic hydroxyl groups is 1. The predicted molar refractivity (Wildman–Crippen MR) is 64.3 cm³/mol. The van der Waals surface area contributed by atoms with Gasteiger partial charge in [0, 0.05) is 23.6 Å². The first-order chi connectivity index (χ1) is 7.63. The summed E-state index contributed by atoms with van der Waals surface area (Å²) in [5.41, 5.74) is 6.58. The Morgan fingerprint density at radius 1 is 1.50 bits per heavy atom. The van der Waals surface area contributed by atoms with Crippen LogP contribution in [-0.4, -0.2) is 18.8 Å². The van der Waals surface area contributed by atoms with Crippen LogP contribution < -0.4 is 10.5 Å². The molecule has 3 N–H and O–H groups in total. The summed E-state index contributed by atoms with van der Waals surface area (Å²) in [5.74, 6) is 0.723. The summed E-state index contributed by atoms with van der Waals surface area (Å²) in [4.78, 5) is 0. The van der Waals surface area contributed by atoms with E-state index in [9.17, 15) is 5.11 Å². The molecule has 0 spiro atoms. The molecule has 1 aromatic carbocycles. The van der Waals surface area contributed by atoms with E-state index in [2.05, 4.69) is 0 Å². The molecule has 1 aliphatic rings. The third kappa shape index (κ3) is 1.64. The molecule has 0 amide bonds. The topological polar surface area (TPSA) is 55.5 Å². The molecule has 88 valence electrons. The van der Waals surface area contributed by atoms with Gasteiger partial charge in [0.1, 0.15) is 11.5 Å². The van der Waals surface area contributed by atoms with Gasteiger partial charge >= 0.3 is 0 Å². The Morgan fingerprint density at radius 2 is 2.19 bits per heavy atom. The van der Waals surface area contributed by atoms with E-state index in [4.69, 9.17) is 22.1 Å². The van der Waals surface area contributed by atoms with E-state index in [0.717, 1.165) is 24.8 Å². The zero-order valence-electron chi connectivity index (χ0n) is 9.29. The maximum absolute atomic E-state index is 9.98. The Labute approximate surface area is 100 Å². The zero-order chi connectivity index (χ0) is 11.8. The molecule has 2 rings (SSSR count). The smallest absolute Gasteiger partial charge is 0.141 e. The third-order valence-corrected chi connectivity index (χ3v) is 3.84. The van der Waals surface area contributed by atoms with E-state index in [0.29, 0.717) is 17.3 Å². The summed E-state index contributed by atoms with van der Waals surface area (Å²) in [5, 5.41) is 10.5. The molecule has 1 saturated carbocycles. The molecule has 4 heteroatoms. The SMILES string of the molecule is COc1cc(O)c(C2(CN)CCC2)cc1Cl. The molecular formula is C12H16ClNO2. The maximum Gasteiger partial charge on any atom is 0.141 e. The average Bonchev–Trinajstić information content (AvgIpc) is 2.22. The number of methoxy groups -OCH3 is 1. The number of rotatable bonds is 3. The normalized spacial score (nSPS) is 17.9. The van der Waals surface area contributed by atoms with Gasteiger partial charge < -0.3 is 15.6 Å². The molecule has 0 saturated heterocycles. The van der Waals surface area contributed by atoms with Crippen LogP contribution in [0.25, 0.3) is 0 Å². The number of phenolic OH excluding ortho intramolecular Hbond substituents is 1. The fourth-order valence-corrected chi connectivity index (χ4v) is 2.55. The van der Waals surface area contributed by atoms with Crippen LogP contribution in [0, 0.1) is 0 Å². The number of halogens is 1. The van der Waals surface area contributed by atoms with Crippen molar-refractivity contribution in [3.8, 4) is 11.5 Å². The van der Waals surface area contributed by atoms with E-state index in [1.807, 2.05) is 0 Å². The van der Waals surface area contributed by atoms with Crippen LogP contribution in [0.5, 0.6) is 11.5 Å². The minimum absolute atomic E-state index is 0.0833. The van der Waals surface area contributed by atoms with Gasteiger partial charge in [0.25, 0.3) is 0 Å². The van der Waals surface area contributed by atoms with E-state index in [1.165, 1.54) is 7.11 Å². The summed E-state index contributed by atoms with van der Waals surface area (Å²) in [6.45, 7) is 0.545. The van der Waals surface area contributed by atoms with Crippen molar-refractivity contribution in [3.05, 3.63) is 22.7 Å². The second-order valence-electron chi connectivity index (χ2n) is 4.34. The Kier molecular flexibility index (Phi) is 3.00. The van der Waals surface area contributed by atoms with Crippen molar-refractivity contribution in [2.24, 2.45) is 5.73 Å². The molecule has 0 aliphatic heterocycles. The highest BCUT2D eigenvalue weighted by Gasteiger charge is 2.39. The molecule has 0 atom stereocenters. The van der Waals surface area contributed by atoms with Crippen LogP contribution in [-0.2, 0) is 5.41 Å². The largest absolute Gasteiger partial charge is 0.508 e. The van der Waals surface area contributed by atoms with Crippen LogP contribution in [0.3, 0.4) is 0 Å². The Hall–Kier alpha value is -0.930. The van der Waals surface area contributed by atoms with E-state index in [-0.39, 0.29) is 11.2 Å². The lowest BCUT2D eigenvalue weighted by Crippen LogP contribution is -2.41. The lowest BCUT2D eigenvalue weighted by Gasteiger charge is -2.41. The number of benzene rings is 1. The standard InChI is InChI=1S/C12H16ClNO2/c1-16-11-6-10(15)8(5-9(11)13)12(7-14)3-2-4-12/h5-6,15H,2-4,7,14H2,1H3. The van der Waals surface area contributed by atoms with Gasteiger partial charge in [-0.25, -0.2) is 0 Å². The summed E-state index contributed by atoms with van der Waals surface area (Å²) in [7, 11) is 1.53. The van der Waals surface area contributed by atoms with Gasteiger partial charge in [0.15, 0.2) is 0 Å². The monoisotopic (exact) mass is 241 g/mol. The third-order valence-electron chi connectivity index (χ3n) is 3.54. The predicted octanol–water partition coefficient (Wildman–Crippen LogP) is 2.43. The fraction of sp³-hybridized carbons (Fsp3) is 0.500. The molecule has 1 aliphatic carbocycles. The molecule has 1 aromatic rings. The lowest BCUT2D eigenvalue weighted by atomic mass is 9.64. The highest BCUT2D eigenvalue weighted by atomic mass is 35.5. The summed E-state index contributed by atoms with van der Waals surface area (Å²) >= 11 is 6.07. The van der Waals surface area contributed by atoms with Gasteiger partial charge in [-0.3, -0.25) is 0 Å². The lowest BCUT2D eigenvalue weighted by molar-refractivity contribution is 0.244. The molecule has 16 heavy (non-hydrogen) atoms. The van der Waals surface area contributed by atoms with Crippen molar-refractivity contribution < 1.29 is 9.84 Å². The van der Waals surface area contributed by atoms with Crippen LogP contribution in [0.2, 0.25) is 5.02 Å². The molecule has 0 bridgehead atoms. The molecule has 0 unspecified atom stereocenters. The van der Waals surface area contributed by atoms with Crippen LogP contribution in [0.1, 0.15) is 24.8 Å². The Morgan fingerprint density at radius 3 is 2.62 bits per heavy atom. The van der Waals surface area contributed by atoms with Gasteiger partial charge in [0.05, 0.1) is 12.1 Å². The van der Waals surface area contributed by atoms with Gasteiger partial charge in [-0.15, -0.1) is 0 Å². The van der Waals surface area contributed by atoms with E-state index in [1.54, 1.807) is 12.1 Å². The van der Waals surface area contributed by atoms with Gasteiger partial charge in [0.2, 0.25) is 0 Å². The first-order valence-electron chi connectivity index (χ1n) is 5.40. The first-order valence-corrected chi connectivity index (χ1v) is 5.78. The number of ether oxygens (including phenoxy) is 1.